The largest absolute Gasteiger partial charge is 0.339 e. The smallest absolute Gasteiger partial charge is 0.269 e. The van der Waals surface area contributed by atoms with E-state index in [1.807, 2.05) is 30.3 Å². The predicted molar refractivity (Wildman–Crippen MR) is 108 cm³/mol. The Labute approximate surface area is 166 Å². The molecule has 0 saturated heterocycles. The number of hydrazine groups is 1. The van der Waals surface area contributed by atoms with E-state index in [2.05, 4.69) is 16.2 Å². The standard InChI is InChI=1S/C21H19N3O3S/c25-19(16-10-5-2-6-11-16)23-24-20(26)17(14-15-8-3-1-4-9-15)22-21(27)18-12-7-13-28-18/h1-13,17H,14H2,(H,22,27)(H,23,25)(H,24,26). The maximum atomic E-state index is 12.7. The molecule has 0 spiro atoms. The van der Waals surface area contributed by atoms with E-state index in [1.54, 1.807) is 47.8 Å². The van der Waals surface area contributed by atoms with Gasteiger partial charge in [0.1, 0.15) is 6.04 Å². The van der Waals surface area contributed by atoms with Crippen molar-refractivity contribution in [3.05, 3.63) is 94.2 Å². The van der Waals surface area contributed by atoms with E-state index < -0.39 is 17.9 Å². The zero-order valence-corrected chi connectivity index (χ0v) is 15.7. The van der Waals surface area contributed by atoms with Crippen molar-refractivity contribution >= 4 is 29.1 Å². The van der Waals surface area contributed by atoms with Crippen molar-refractivity contribution in [2.75, 3.05) is 0 Å². The van der Waals surface area contributed by atoms with Gasteiger partial charge in [-0.25, -0.2) is 0 Å². The molecule has 0 aliphatic heterocycles. The van der Waals surface area contributed by atoms with E-state index in [0.29, 0.717) is 16.9 Å². The Kier molecular flexibility index (Phi) is 6.54. The van der Waals surface area contributed by atoms with E-state index in [0.717, 1.165) is 5.56 Å². The SMILES string of the molecule is O=C(NNC(=O)C(Cc1ccccc1)NC(=O)c1cccs1)c1ccccc1. The zero-order chi connectivity index (χ0) is 19.8. The molecule has 0 bridgehead atoms. The van der Waals surface area contributed by atoms with Gasteiger partial charge in [-0.05, 0) is 29.1 Å². The van der Waals surface area contributed by atoms with Crippen LogP contribution in [-0.2, 0) is 11.2 Å². The molecule has 3 rings (SSSR count). The lowest BCUT2D eigenvalue weighted by molar-refractivity contribution is -0.123. The molecular weight excluding hydrogens is 374 g/mol. The topological polar surface area (TPSA) is 87.3 Å². The Hall–Kier alpha value is -3.45. The van der Waals surface area contributed by atoms with E-state index in [-0.39, 0.29) is 5.91 Å². The zero-order valence-electron chi connectivity index (χ0n) is 14.9. The van der Waals surface area contributed by atoms with Crippen LogP contribution in [0.2, 0.25) is 0 Å². The van der Waals surface area contributed by atoms with E-state index >= 15 is 0 Å². The molecular formula is C21H19N3O3S. The van der Waals surface area contributed by atoms with Crippen molar-refractivity contribution in [3.63, 3.8) is 0 Å². The Morgan fingerprint density at radius 1 is 0.786 bits per heavy atom. The van der Waals surface area contributed by atoms with Gasteiger partial charge in [-0.15, -0.1) is 11.3 Å². The fourth-order valence-corrected chi connectivity index (χ4v) is 3.19. The van der Waals surface area contributed by atoms with Crippen LogP contribution in [-0.4, -0.2) is 23.8 Å². The van der Waals surface area contributed by atoms with Crippen molar-refractivity contribution in [3.8, 4) is 0 Å². The number of carbonyl (C=O) groups is 3. The van der Waals surface area contributed by atoms with Gasteiger partial charge in [0.05, 0.1) is 4.88 Å². The van der Waals surface area contributed by atoms with Crippen LogP contribution in [0.25, 0.3) is 0 Å². The van der Waals surface area contributed by atoms with Crippen LogP contribution in [0.4, 0.5) is 0 Å². The predicted octanol–water partition coefficient (Wildman–Crippen LogP) is 2.55. The highest BCUT2D eigenvalue weighted by Crippen LogP contribution is 2.10. The second kappa shape index (κ2) is 9.48. The number of carbonyl (C=O) groups excluding carboxylic acids is 3. The summed E-state index contributed by atoms with van der Waals surface area (Å²) in [7, 11) is 0. The molecule has 0 saturated carbocycles. The Morgan fingerprint density at radius 2 is 1.46 bits per heavy atom. The number of amides is 3. The number of benzene rings is 2. The molecule has 0 fully saturated rings. The van der Waals surface area contributed by atoms with Crippen LogP contribution in [0.3, 0.4) is 0 Å². The minimum absolute atomic E-state index is 0.297. The third-order valence-electron chi connectivity index (χ3n) is 3.98. The molecule has 0 aliphatic rings. The average Bonchev–Trinajstić information content (AvgIpc) is 3.28. The third-order valence-corrected chi connectivity index (χ3v) is 4.85. The lowest BCUT2D eigenvalue weighted by Crippen LogP contribution is -2.53. The number of nitrogens with one attached hydrogen (secondary N) is 3. The summed E-state index contributed by atoms with van der Waals surface area (Å²) >= 11 is 1.29. The van der Waals surface area contributed by atoms with Gasteiger partial charge in [0, 0.05) is 12.0 Å². The first kappa shape index (κ1) is 19.3. The molecule has 1 aromatic heterocycles. The Balaban J connectivity index is 1.67. The minimum Gasteiger partial charge on any atom is -0.339 e. The average molecular weight is 393 g/mol. The summed E-state index contributed by atoms with van der Waals surface area (Å²) in [5, 5.41) is 4.53. The molecule has 3 aromatic rings. The molecule has 7 heteroatoms. The Morgan fingerprint density at radius 3 is 2.11 bits per heavy atom. The fourth-order valence-electron chi connectivity index (χ4n) is 2.56. The van der Waals surface area contributed by atoms with Gasteiger partial charge in [0.2, 0.25) is 0 Å². The lowest BCUT2D eigenvalue weighted by atomic mass is 10.1. The molecule has 1 unspecified atom stereocenters. The molecule has 1 heterocycles. The highest BCUT2D eigenvalue weighted by molar-refractivity contribution is 7.12. The highest BCUT2D eigenvalue weighted by Gasteiger charge is 2.23. The van der Waals surface area contributed by atoms with Crippen molar-refractivity contribution < 1.29 is 14.4 Å². The van der Waals surface area contributed by atoms with Crippen LogP contribution in [0, 0.1) is 0 Å². The first-order valence-electron chi connectivity index (χ1n) is 8.67. The maximum absolute atomic E-state index is 12.7. The summed E-state index contributed by atoms with van der Waals surface area (Å²) in [5.74, 6) is -1.27. The van der Waals surface area contributed by atoms with Crippen LogP contribution >= 0.6 is 11.3 Å². The normalized spacial score (nSPS) is 11.3. The van der Waals surface area contributed by atoms with Crippen LogP contribution in [0.1, 0.15) is 25.6 Å². The molecule has 28 heavy (non-hydrogen) atoms. The first-order chi connectivity index (χ1) is 13.6. The summed E-state index contributed by atoms with van der Waals surface area (Å²) in [6, 6.07) is 20.5. The van der Waals surface area contributed by atoms with Crippen LogP contribution in [0.15, 0.2) is 78.2 Å². The number of thiophene rings is 1. The Bertz CT molecular complexity index is 928. The summed E-state index contributed by atoms with van der Waals surface area (Å²) in [6.45, 7) is 0. The second-order valence-electron chi connectivity index (χ2n) is 6.00. The summed E-state index contributed by atoms with van der Waals surface area (Å²) in [5.41, 5.74) is 6.10. The van der Waals surface area contributed by atoms with Crippen molar-refractivity contribution in [1.82, 2.24) is 16.2 Å². The van der Waals surface area contributed by atoms with Gasteiger partial charge in [-0.1, -0.05) is 54.6 Å². The maximum Gasteiger partial charge on any atom is 0.269 e. The molecule has 3 amide bonds. The molecule has 142 valence electrons. The molecule has 2 aromatic carbocycles. The van der Waals surface area contributed by atoms with E-state index in [4.69, 9.17) is 0 Å². The summed E-state index contributed by atoms with van der Waals surface area (Å²) in [4.78, 5) is 37.7. The first-order valence-corrected chi connectivity index (χ1v) is 9.55. The molecule has 0 aliphatic carbocycles. The second-order valence-corrected chi connectivity index (χ2v) is 6.95. The van der Waals surface area contributed by atoms with Gasteiger partial charge < -0.3 is 5.32 Å². The molecule has 6 nitrogen and oxygen atoms in total. The van der Waals surface area contributed by atoms with Crippen molar-refractivity contribution in [2.24, 2.45) is 0 Å². The number of rotatable bonds is 6. The molecule has 1 atom stereocenters. The quantitative estimate of drug-likeness (QED) is 0.563. The van der Waals surface area contributed by atoms with E-state index in [9.17, 15) is 14.4 Å². The molecule has 3 N–H and O–H groups in total. The summed E-state index contributed by atoms with van der Waals surface area (Å²) in [6.07, 6.45) is 0.297. The van der Waals surface area contributed by atoms with Gasteiger partial charge >= 0.3 is 0 Å². The lowest BCUT2D eigenvalue weighted by Gasteiger charge is -2.18. The van der Waals surface area contributed by atoms with Gasteiger partial charge in [0.15, 0.2) is 0 Å². The number of hydrogen-bond donors (Lipinski definition) is 3. The third kappa shape index (κ3) is 5.28. The van der Waals surface area contributed by atoms with E-state index in [1.165, 1.54) is 11.3 Å². The van der Waals surface area contributed by atoms with Crippen molar-refractivity contribution in [2.45, 2.75) is 12.5 Å². The fraction of sp³-hybridized carbons (Fsp3) is 0.0952. The monoisotopic (exact) mass is 393 g/mol. The van der Waals surface area contributed by atoms with Crippen molar-refractivity contribution in [1.29, 1.82) is 0 Å². The minimum atomic E-state index is -0.840. The van der Waals surface area contributed by atoms with Crippen LogP contribution < -0.4 is 16.2 Å². The van der Waals surface area contributed by atoms with Gasteiger partial charge in [-0.2, -0.15) is 0 Å². The number of hydrogen-bond acceptors (Lipinski definition) is 4. The van der Waals surface area contributed by atoms with Gasteiger partial charge in [-0.3, -0.25) is 25.2 Å². The van der Waals surface area contributed by atoms with Crippen LogP contribution in [0.5, 0.6) is 0 Å². The summed E-state index contributed by atoms with van der Waals surface area (Å²) < 4.78 is 0. The highest BCUT2D eigenvalue weighted by atomic mass is 32.1. The van der Waals surface area contributed by atoms with Gasteiger partial charge in [0.25, 0.3) is 17.7 Å². The molecule has 0 radical (unpaired) electrons.